The molecule has 0 aliphatic rings. The molecule has 0 aliphatic carbocycles. The van der Waals surface area contributed by atoms with Gasteiger partial charge in [0.1, 0.15) is 5.01 Å². The second-order valence-electron chi connectivity index (χ2n) is 5.34. The Bertz CT molecular complexity index is 330. The zero-order chi connectivity index (χ0) is 12.9. The van der Waals surface area contributed by atoms with Crippen molar-refractivity contribution in [2.45, 2.75) is 58.5 Å². The molecule has 1 N–H and O–H groups in total. The van der Waals surface area contributed by atoms with E-state index in [1.54, 1.807) is 11.3 Å². The normalized spacial score (nSPS) is 13.9. The largest absolute Gasteiger partial charge is 0.308 e. The van der Waals surface area contributed by atoms with E-state index in [0.29, 0.717) is 6.04 Å². The van der Waals surface area contributed by atoms with E-state index in [-0.39, 0.29) is 5.41 Å². The maximum absolute atomic E-state index is 5.77. The molecule has 0 fully saturated rings. The van der Waals surface area contributed by atoms with E-state index in [0.717, 1.165) is 25.3 Å². The quantitative estimate of drug-likeness (QED) is 0.795. The fourth-order valence-electron chi connectivity index (χ4n) is 1.55. The lowest BCUT2D eigenvalue weighted by molar-refractivity contribution is 0.483. The summed E-state index contributed by atoms with van der Waals surface area (Å²) >= 11 is 7.51. The molecule has 1 heterocycles. The lowest BCUT2D eigenvalue weighted by Crippen LogP contribution is -2.28. The minimum Gasteiger partial charge on any atom is -0.308 e. The Hall–Kier alpha value is -0.120. The molecule has 98 valence electrons. The third-order valence-corrected chi connectivity index (χ3v) is 3.88. The molecule has 1 unspecified atom stereocenters. The number of nitrogens with zero attached hydrogens (tertiary/aromatic N) is 1. The SMILES string of the molecule is CCC(CCCl)NCc1nc(C(C)(C)C)cs1. The highest BCUT2D eigenvalue weighted by Crippen LogP contribution is 2.23. The molecular formula is C13H23ClN2S. The van der Waals surface area contributed by atoms with E-state index in [1.165, 1.54) is 10.7 Å². The van der Waals surface area contributed by atoms with Gasteiger partial charge in [0, 0.05) is 29.3 Å². The zero-order valence-corrected chi connectivity index (χ0v) is 12.8. The summed E-state index contributed by atoms with van der Waals surface area (Å²) < 4.78 is 0. The van der Waals surface area contributed by atoms with Crippen molar-refractivity contribution < 1.29 is 0 Å². The second-order valence-corrected chi connectivity index (χ2v) is 6.66. The minimum absolute atomic E-state index is 0.148. The Labute approximate surface area is 114 Å². The molecule has 4 heteroatoms. The van der Waals surface area contributed by atoms with Gasteiger partial charge in [-0.25, -0.2) is 4.98 Å². The van der Waals surface area contributed by atoms with E-state index in [4.69, 9.17) is 11.6 Å². The third kappa shape index (κ3) is 4.94. The highest BCUT2D eigenvalue weighted by molar-refractivity contribution is 7.09. The Kier molecular flexibility index (Phi) is 5.90. The molecule has 2 nitrogen and oxygen atoms in total. The lowest BCUT2D eigenvalue weighted by Gasteiger charge is -2.15. The van der Waals surface area contributed by atoms with Crippen molar-refractivity contribution in [1.29, 1.82) is 0 Å². The predicted octanol–water partition coefficient (Wildman–Crippen LogP) is 3.94. The van der Waals surface area contributed by atoms with Gasteiger partial charge in [0.05, 0.1) is 5.69 Å². The van der Waals surface area contributed by atoms with E-state index < -0.39 is 0 Å². The van der Waals surface area contributed by atoms with Gasteiger partial charge >= 0.3 is 0 Å². The number of hydrogen-bond acceptors (Lipinski definition) is 3. The van der Waals surface area contributed by atoms with Crippen LogP contribution in [0.4, 0.5) is 0 Å². The van der Waals surface area contributed by atoms with Gasteiger partial charge in [0.15, 0.2) is 0 Å². The van der Waals surface area contributed by atoms with E-state index >= 15 is 0 Å². The molecule has 1 atom stereocenters. The Balaban J connectivity index is 2.49. The fourth-order valence-corrected chi connectivity index (χ4v) is 2.79. The van der Waals surface area contributed by atoms with Crippen LogP contribution in [0.1, 0.15) is 51.2 Å². The van der Waals surface area contributed by atoms with Crippen LogP contribution in [0.15, 0.2) is 5.38 Å². The summed E-state index contributed by atoms with van der Waals surface area (Å²) in [5, 5.41) is 6.85. The number of rotatable bonds is 6. The van der Waals surface area contributed by atoms with Crippen LogP contribution in [-0.4, -0.2) is 16.9 Å². The number of hydrogen-bond donors (Lipinski definition) is 1. The van der Waals surface area contributed by atoms with Crippen LogP contribution < -0.4 is 5.32 Å². The first kappa shape index (κ1) is 14.9. The molecule has 1 aromatic heterocycles. The van der Waals surface area contributed by atoms with Gasteiger partial charge in [-0.15, -0.1) is 22.9 Å². The maximum Gasteiger partial charge on any atom is 0.107 e. The molecule has 0 bridgehead atoms. The number of alkyl halides is 1. The number of halogens is 1. The van der Waals surface area contributed by atoms with Crippen LogP contribution in [-0.2, 0) is 12.0 Å². The first-order chi connectivity index (χ1) is 7.97. The van der Waals surface area contributed by atoms with E-state index in [9.17, 15) is 0 Å². The predicted molar refractivity (Wildman–Crippen MR) is 77.1 cm³/mol. The van der Waals surface area contributed by atoms with Gasteiger partial charge in [0.25, 0.3) is 0 Å². The van der Waals surface area contributed by atoms with Crippen molar-refractivity contribution in [3.05, 3.63) is 16.1 Å². The highest BCUT2D eigenvalue weighted by Gasteiger charge is 2.17. The smallest absolute Gasteiger partial charge is 0.107 e. The Morgan fingerprint density at radius 3 is 2.65 bits per heavy atom. The van der Waals surface area contributed by atoms with Crippen molar-refractivity contribution in [3.63, 3.8) is 0 Å². The second kappa shape index (κ2) is 6.72. The van der Waals surface area contributed by atoms with Crippen molar-refractivity contribution in [2.24, 2.45) is 0 Å². The molecule has 0 amide bonds. The molecule has 1 rings (SSSR count). The molecule has 17 heavy (non-hydrogen) atoms. The first-order valence-electron chi connectivity index (χ1n) is 6.21. The Morgan fingerprint density at radius 1 is 1.47 bits per heavy atom. The number of aromatic nitrogens is 1. The van der Waals surface area contributed by atoms with Crippen LogP contribution in [0.25, 0.3) is 0 Å². The molecule has 0 saturated carbocycles. The van der Waals surface area contributed by atoms with E-state index in [2.05, 4.69) is 43.4 Å². The summed E-state index contributed by atoms with van der Waals surface area (Å²) in [6.45, 7) is 9.63. The summed E-state index contributed by atoms with van der Waals surface area (Å²) in [5.74, 6) is 0.719. The summed E-state index contributed by atoms with van der Waals surface area (Å²) in [5.41, 5.74) is 1.33. The van der Waals surface area contributed by atoms with Crippen molar-refractivity contribution in [3.8, 4) is 0 Å². The van der Waals surface area contributed by atoms with Gasteiger partial charge in [-0.1, -0.05) is 27.7 Å². The fraction of sp³-hybridized carbons (Fsp3) is 0.769. The van der Waals surface area contributed by atoms with E-state index in [1.807, 2.05) is 0 Å². The van der Waals surface area contributed by atoms with Crippen LogP contribution in [0.5, 0.6) is 0 Å². The molecule has 0 radical (unpaired) electrons. The molecular weight excluding hydrogens is 252 g/mol. The summed E-state index contributed by atoms with van der Waals surface area (Å²) in [6, 6.07) is 0.509. The average Bonchev–Trinajstić information content (AvgIpc) is 2.72. The van der Waals surface area contributed by atoms with Gasteiger partial charge < -0.3 is 5.32 Å². The van der Waals surface area contributed by atoms with Gasteiger partial charge in [-0.05, 0) is 12.8 Å². The molecule has 0 saturated heterocycles. The summed E-state index contributed by atoms with van der Waals surface area (Å²) in [6.07, 6.45) is 2.14. The standard InChI is InChI=1S/C13H23ClN2S/c1-5-10(6-7-14)15-8-12-16-11(9-17-12)13(2,3)4/h9-10,15H,5-8H2,1-4H3. The van der Waals surface area contributed by atoms with Gasteiger partial charge in [-0.2, -0.15) is 0 Å². The van der Waals surface area contributed by atoms with Crippen LogP contribution in [0.3, 0.4) is 0 Å². The monoisotopic (exact) mass is 274 g/mol. The van der Waals surface area contributed by atoms with Gasteiger partial charge in [0.2, 0.25) is 0 Å². The zero-order valence-electron chi connectivity index (χ0n) is 11.2. The molecule has 0 aromatic carbocycles. The number of thiazole rings is 1. The first-order valence-corrected chi connectivity index (χ1v) is 7.63. The summed E-state index contributed by atoms with van der Waals surface area (Å²) in [7, 11) is 0. The summed E-state index contributed by atoms with van der Waals surface area (Å²) in [4.78, 5) is 4.67. The molecule has 1 aromatic rings. The van der Waals surface area contributed by atoms with Crippen molar-refractivity contribution in [2.75, 3.05) is 5.88 Å². The van der Waals surface area contributed by atoms with Crippen molar-refractivity contribution >= 4 is 22.9 Å². The highest BCUT2D eigenvalue weighted by atomic mass is 35.5. The lowest BCUT2D eigenvalue weighted by atomic mass is 9.93. The Morgan fingerprint density at radius 2 is 2.18 bits per heavy atom. The minimum atomic E-state index is 0.148. The average molecular weight is 275 g/mol. The topological polar surface area (TPSA) is 24.9 Å². The third-order valence-electron chi connectivity index (χ3n) is 2.81. The van der Waals surface area contributed by atoms with Crippen LogP contribution >= 0.6 is 22.9 Å². The molecule has 0 aliphatic heterocycles. The van der Waals surface area contributed by atoms with Crippen LogP contribution in [0.2, 0.25) is 0 Å². The number of nitrogens with one attached hydrogen (secondary N) is 1. The van der Waals surface area contributed by atoms with Crippen LogP contribution in [0, 0.1) is 0 Å². The van der Waals surface area contributed by atoms with Gasteiger partial charge in [-0.3, -0.25) is 0 Å². The van der Waals surface area contributed by atoms with Crippen molar-refractivity contribution in [1.82, 2.24) is 10.3 Å². The molecule has 0 spiro atoms. The maximum atomic E-state index is 5.77.